The van der Waals surface area contributed by atoms with Crippen LogP contribution in [0.5, 0.6) is 0 Å². The molecule has 0 N–H and O–H groups in total. The Morgan fingerprint density at radius 1 is 0.667 bits per heavy atom. The Kier molecular flexibility index (Phi) is 3.06. The molecule has 0 saturated carbocycles. The molecule has 0 atom stereocenters. The molecule has 0 aromatic rings. The van der Waals surface area contributed by atoms with Crippen molar-refractivity contribution in [3.05, 3.63) is 0 Å². The second-order valence-corrected chi connectivity index (χ2v) is 2.39. The van der Waals surface area contributed by atoms with E-state index in [9.17, 15) is 44.3 Å². The largest absolute Gasteiger partial charge is 0.460 e. The second kappa shape index (κ2) is 3.27. The Hall–Kier alpha value is -0.960. The smallest absolute Gasteiger partial charge is 0.296 e. The minimum atomic E-state index is -7.00. The van der Waals surface area contributed by atoms with Crippen molar-refractivity contribution in [1.29, 1.82) is 0 Å². The minimum Gasteiger partial charge on any atom is -0.296 e. The fourth-order valence-electron chi connectivity index (χ4n) is 0.461. The Labute approximate surface area is 75.9 Å². The molecule has 0 aliphatic carbocycles. The third kappa shape index (κ3) is 1.88. The van der Waals surface area contributed by atoms with Gasteiger partial charge in [0.25, 0.3) is 0 Å². The summed E-state index contributed by atoms with van der Waals surface area (Å²) in [5.74, 6) is -19.9. The summed E-state index contributed by atoms with van der Waals surface area (Å²) in [7, 11) is 0. The first-order chi connectivity index (χ1) is 6.31. The van der Waals surface area contributed by atoms with Crippen LogP contribution in [0.25, 0.3) is 0 Å². The molecule has 0 rings (SSSR count). The first kappa shape index (κ1) is 14.0. The molecule has 1 nitrogen and oxygen atoms in total. The normalized spacial score (nSPS) is 15.3. The first-order valence-corrected chi connectivity index (χ1v) is 2.98. The SMILES string of the molecule is O=CC(F)(F)C(F)(F)C(F)(F)C(F)(F)F. The average molecular weight is 248 g/mol. The van der Waals surface area contributed by atoms with Gasteiger partial charge in [0.05, 0.1) is 0 Å². The van der Waals surface area contributed by atoms with E-state index < -0.39 is 30.2 Å². The number of aldehydes is 1. The zero-order chi connectivity index (χ0) is 12.7. The van der Waals surface area contributed by atoms with E-state index in [4.69, 9.17) is 0 Å². The molecule has 0 unspecified atom stereocenters. The molecule has 15 heavy (non-hydrogen) atoms. The van der Waals surface area contributed by atoms with Gasteiger partial charge in [-0.3, -0.25) is 4.79 Å². The van der Waals surface area contributed by atoms with Crippen LogP contribution < -0.4 is 0 Å². The molecule has 0 aliphatic heterocycles. The van der Waals surface area contributed by atoms with Gasteiger partial charge in [0.15, 0.2) is 6.29 Å². The Bertz CT molecular complexity index is 252. The Morgan fingerprint density at radius 3 is 1.20 bits per heavy atom. The number of hydrogen-bond acceptors (Lipinski definition) is 1. The van der Waals surface area contributed by atoms with E-state index in [-0.39, 0.29) is 0 Å². The lowest BCUT2D eigenvalue weighted by Gasteiger charge is -2.30. The molecule has 0 aromatic heterocycles. The van der Waals surface area contributed by atoms with E-state index in [1.807, 2.05) is 0 Å². The summed E-state index contributed by atoms with van der Waals surface area (Å²) in [5, 5.41) is 0. The summed E-state index contributed by atoms with van der Waals surface area (Å²) >= 11 is 0. The van der Waals surface area contributed by atoms with Crippen molar-refractivity contribution < 1.29 is 44.3 Å². The average Bonchev–Trinajstić information content (AvgIpc) is 2.01. The Balaban J connectivity index is 5.47. The summed E-state index contributed by atoms with van der Waals surface area (Å²) in [6, 6.07) is 0. The topological polar surface area (TPSA) is 17.1 Å². The van der Waals surface area contributed by atoms with Gasteiger partial charge in [-0.05, 0) is 0 Å². The third-order valence-corrected chi connectivity index (χ3v) is 1.32. The van der Waals surface area contributed by atoms with Crippen LogP contribution in [0.1, 0.15) is 0 Å². The van der Waals surface area contributed by atoms with Crippen LogP contribution in [0.15, 0.2) is 0 Å². The summed E-state index contributed by atoms with van der Waals surface area (Å²) in [6.45, 7) is 0. The van der Waals surface area contributed by atoms with Crippen LogP contribution in [0, 0.1) is 0 Å². The van der Waals surface area contributed by atoms with E-state index in [0.29, 0.717) is 0 Å². The van der Waals surface area contributed by atoms with E-state index in [2.05, 4.69) is 0 Å². The van der Waals surface area contributed by atoms with Crippen molar-refractivity contribution in [2.45, 2.75) is 23.9 Å². The molecule has 0 amide bonds. The zero-order valence-electron chi connectivity index (χ0n) is 6.39. The van der Waals surface area contributed by atoms with Gasteiger partial charge in [-0.25, -0.2) is 0 Å². The molecule has 0 aliphatic rings. The van der Waals surface area contributed by atoms with Gasteiger partial charge >= 0.3 is 23.9 Å². The van der Waals surface area contributed by atoms with Gasteiger partial charge in [-0.2, -0.15) is 39.5 Å². The van der Waals surface area contributed by atoms with Gasteiger partial charge in [0.2, 0.25) is 0 Å². The summed E-state index contributed by atoms with van der Waals surface area (Å²) < 4.78 is 105. The predicted octanol–water partition coefficient (Wildman–Crippen LogP) is 2.65. The van der Waals surface area contributed by atoms with Crippen LogP contribution in [-0.4, -0.2) is 30.2 Å². The quantitative estimate of drug-likeness (QED) is 0.554. The molecular formula is C5HF9O. The number of carbonyl (C=O) groups excluding carboxylic acids is 1. The highest BCUT2D eigenvalue weighted by Gasteiger charge is 2.81. The maximum Gasteiger partial charge on any atom is 0.460 e. The van der Waals surface area contributed by atoms with E-state index in [0.717, 1.165) is 0 Å². The van der Waals surface area contributed by atoms with Crippen molar-refractivity contribution in [2.24, 2.45) is 0 Å². The van der Waals surface area contributed by atoms with Crippen molar-refractivity contribution >= 4 is 6.29 Å². The maximum atomic E-state index is 12.0. The summed E-state index contributed by atoms with van der Waals surface area (Å²) in [4.78, 5) is 9.32. The van der Waals surface area contributed by atoms with Crippen molar-refractivity contribution in [3.63, 3.8) is 0 Å². The predicted molar refractivity (Wildman–Crippen MR) is 27.0 cm³/mol. The number of carbonyl (C=O) groups is 1. The van der Waals surface area contributed by atoms with Gasteiger partial charge in [0.1, 0.15) is 0 Å². The number of rotatable bonds is 3. The molecule has 10 heteroatoms. The van der Waals surface area contributed by atoms with E-state index in [1.54, 1.807) is 0 Å². The highest BCUT2D eigenvalue weighted by atomic mass is 19.4. The van der Waals surface area contributed by atoms with Gasteiger partial charge in [0, 0.05) is 0 Å². The van der Waals surface area contributed by atoms with Crippen LogP contribution in [0.3, 0.4) is 0 Å². The standard InChI is InChI=1S/C5HF9O/c6-2(7,1-15)3(8,9)4(10,11)5(12,13)14/h1H. The lowest BCUT2D eigenvalue weighted by Crippen LogP contribution is -2.61. The second-order valence-electron chi connectivity index (χ2n) is 2.39. The highest BCUT2D eigenvalue weighted by Crippen LogP contribution is 2.52. The lowest BCUT2D eigenvalue weighted by molar-refractivity contribution is -0.386. The van der Waals surface area contributed by atoms with Crippen LogP contribution in [0.2, 0.25) is 0 Å². The Morgan fingerprint density at radius 2 is 1.00 bits per heavy atom. The summed E-state index contributed by atoms with van der Waals surface area (Å²) in [5.41, 5.74) is 0. The molecule has 0 fully saturated rings. The van der Waals surface area contributed by atoms with Crippen LogP contribution in [0.4, 0.5) is 39.5 Å². The molecule has 0 spiro atoms. The third-order valence-electron chi connectivity index (χ3n) is 1.32. The molecule has 0 aromatic carbocycles. The van der Waals surface area contributed by atoms with Crippen LogP contribution >= 0.6 is 0 Å². The van der Waals surface area contributed by atoms with Gasteiger partial charge in [-0.1, -0.05) is 0 Å². The molecule has 0 bridgehead atoms. The van der Waals surface area contributed by atoms with Crippen LogP contribution in [-0.2, 0) is 4.79 Å². The molecule has 0 heterocycles. The molecule has 0 radical (unpaired) electrons. The lowest BCUT2D eigenvalue weighted by atomic mass is 10.1. The summed E-state index contributed by atoms with van der Waals surface area (Å²) in [6.07, 6.45) is -8.85. The first-order valence-electron chi connectivity index (χ1n) is 2.98. The van der Waals surface area contributed by atoms with E-state index >= 15 is 0 Å². The van der Waals surface area contributed by atoms with Crippen molar-refractivity contribution in [1.82, 2.24) is 0 Å². The number of hydrogen-bond donors (Lipinski definition) is 0. The van der Waals surface area contributed by atoms with Gasteiger partial charge < -0.3 is 0 Å². The monoisotopic (exact) mass is 248 g/mol. The molecule has 90 valence electrons. The molecule has 0 saturated heterocycles. The number of alkyl halides is 9. The van der Waals surface area contributed by atoms with Crippen molar-refractivity contribution in [3.8, 4) is 0 Å². The highest BCUT2D eigenvalue weighted by molar-refractivity contribution is 5.62. The van der Waals surface area contributed by atoms with Gasteiger partial charge in [-0.15, -0.1) is 0 Å². The van der Waals surface area contributed by atoms with Crippen molar-refractivity contribution in [2.75, 3.05) is 0 Å². The fraction of sp³-hybridized carbons (Fsp3) is 0.800. The zero-order valence-corrected chi connectivity index (χ0v) is 6.39. The molecular weight excluding hydrogens is 247 g/mol. The fourth-order valence-corrected chi connectivity index (χ4v) is 0.461. The van der Waals surface area contributed by atoms with E-state index in [1.165, 1.54) is 0 Å². The number of halogens is 9. The maximum absolute atomic E-state index is 12.0. The minimum absolute atomic E-state index is 1.97.